The van der Waals surface area contributed by atoms with Gasteiger partial charge in [0.05, 0.1) is 23.3 Å². The maximum atomic E-state index is 11.7. The first-order chi connectivity index (χ1) is 17.7. The van der Waals surface area contributed by atoms with E-state index in [4.69, 9.17) is 0 Å². The van der Waals surface area contributed by atoms with E-state index in [1.165, 1.54) is 12.6 Å². The van der Waals surface area contributed by atoms with Gasteiger partial charge in [-0.25, -0.2) is 5.53 Å². The van der Waals surface area contributed by atoms with Crippen LogP contribution in [-0.4, -0.2) is 17.1 Å². The molecule has 2 N–H and O–H groups in total. The number of carbonyl (C=O) groups is 1. The third-order valence-corrected chi connectivity index (χ3v) is 5.60. The van der Waals surface area contributed by atoms with Crippen molar-refractivity contribution >= 4 is 17.8 Å². The molecule has 0 aliphatic carbocycles. The Hall–Kier alpha value is -3.41. The van der Waals surface area contributed by atoms with Crippen molar-refractivity contribution in [2.24, 2.45) is 10.5 Å². The molecule has 0 atom stereocenters. The molecule has 0 fully saturated rings. The van der Waals surface area contributed by atoms with Crippen LogP contribution in [-0.2, 0) is 4.79 Å². The average Bonchev–Trinajstić information content (AvgIpc) is 2.92. The molecule has 6 nitrogen and oxygen atoms in total. The summed E-state index contributed by atoms with van der Waals surface area (Å²) in [5, 5.41) is 4.29. The van der Waals surface area contributed by atoms with E-state index in [1.54, 1.807) is 11.1 Å². The van der Waals surface area contributed by atoms with Gasteiger partial charge in [-0.15, -0.1) is 0 Å². The number of hydrogen-bond acceptors (Lipinski definition) is 5. The maximum absolute atomic E-state index is 11.7. The third kappa shape index (κ3) is 13.2. The molecule has 0 unspecified atom stereocenters. The maximum Gasteiger partial charge on any atom is 0.218 e. The lowest BCUT2D eigenvalue weighted by molar-refractivity contribution is -0.107. The van der Waals surface area contributed by atoms with Crippen LogP contribution >= 0.6 is 0 Å². The largest absolute Gasteiger partial charge is 0.293 e. The Balaban J connectivity index is 0. The van der Waals surface area contributed by atoms with Crippen molar-refractivity contribution in [1.82, 2.24) is 15.9 Å². The third-order valence-electron chi connectivity index (χ3n) is 5.60. The second-order valence-electron chi connectivity index (χ2n) is 9.38. The van der Waals surface area contributed by atoms with E-state index in [1.807, 2.05) is 70.2 Å². The van der Waals surface area contributed by atoms with Gasteiger partial charge in [0.15, 0.2) is 0 Å². The lowest BCUT2D eigenvalue weighted by Gasteiger charge is -2.21. The van der Waals surface area contributed by atoms with Crippen LogP contribution in [0, 0.1) is 5.41 Å². The number of hydrazone groups is 1. The monoisotopic (exact) mass is 523 g/mol. The fraction of sp³-hybridized carbons (Fsp3) is 0.469. The number of benzene rings is 1. The number of hydrazine groups is 1. The molecule has 38 heavy (non-hydrogen) atoms. The number of nitrogens with zero attached hydrogens (tertiary/aromatic N) is 3. The van der Waals surface area contributed by atoms with Crippen molar-refractivity contribution in [3.63, 3.8) is 0 Å². The fourth-order valence-corrected chi connectivity index (χ4v) is 2.99. The number of carbonyl (C=O) groups excluding carboxylic acids is 1. The number of unbranched alkanes of at least 4 members (excludes halogenated alkanes) is 1. The summed E-state index contributed by atoms with van der Waals surface area (Å²) in [7, 11) is 0. The molecule has 0 aliphatic heterocycles. The zero-order chi connectivity index (χ0) is 28.3. The molecule has 2 aromatic rings. The van der Waals surface area contributed by atoms with Crippen LogP contribution in [0.25, 0.3) is 11.3 Å². The number of hydrogen-bond donors (Lipinski definition) is 2. The summed E-state index contributed by atoms with van der Waals surface area (Å²) in [6.07, 6.45) is 10.3. The summed E-state index contributed by atoms with van der Waals surface area (Å²) in [5.41, 5.74) is 11.3. The molecule has 1 aromatic carbocycles. The summed E-state index contributed by atoms with van der Waals surface area (Å²) < 4.78 is 0. The zero-order valence-electron chi connectivity index (χ0n) is 24.6. The van der Waals surface area contributed by atoms with Gasteiger partial charge in [-0.3, -0.25) is 20.1 Å². The molecule has 1 aromatic heterocycles. The molecular formula is C32H53N5O. The first-order valence-electron chi connectivity index (χ1n) is 13.3. The summed E-state index contributed by atoms with van der Waals surface area (Å²) in [5.74, 6) is 0. The SMILES string of the molecule is C.C=CNN/N=C(\C)c1ccccc1-c1ccc(N(C=O)/C(=C\C)CCCC)cn1.CC.CCC(C)(C)C. The lowest BCUT2D eigenvalue weighted by Crippen LogP contribution is -2.22. The second-order valence-corrected chi connectivity index (χ2v) is 9.38. The first-order valence-corrected chi connectivity index (χ1v) is 13.3. The van der Waals surface area contributed by atoms with E-state index in [0.29, 0.717) is 5.41 Å². The smallest absolute Gasteiger partial charge is 0.218 e. The molecule has 6 heteroatoms. The van der Waals surface area contributed by atoms with Crippen LogP contribution in [0.5, 0.6) is 0 Å². The van der Waals surface area contributed by atoms with Crippen LogP contribution in [0.1, 0.15) is 101 Å². The molecule has 0 spiro atoms. The molecule has 0 aliphatic rings. The molecule has 0 radical (unpaired) electrons. The van der Waals surface area contributed by atoms with Crippen LogP contribution < -0.4 is 15.9 Å². The predicted molar refractivity (Wildman–Crippen MR) is 168 cm³/mol. The van der Waals surface area contributed by atoms with Crippen LogP contribution in [0.4, 0.5) is 5.69 Å². The quantitative estimate of drug-likeness (QED) is 0.133. The van der Waals surface area contributed by atoms with Gasteiger partial charge in [-0.05, 0) is 44.2 Å². The van der Waals surface area contributed by atoms with E-state index >= 15 is 0 Å². The van der Waals surface area contributed by atoms with E-state index in [0.717, 1.165) is 59.6 Å². The number of pyridine rings is 1. The Morgan fingerprint density at radius 2 is 1.76 bits per heavy atom. The Morgan fingerprint density at radius 1 is 1.13 bits per heavy atom. The van der Waals surface area contributed by atoms with Gasteiger partial charge < -0.3 is 0 Å². The molecule has 212 valence electrons. The van der Waals surface area contributed by atoms with Gasteiger partial charge >= 0.3 is 0 Å². The van der Waals surface area contributed by atoms with E-state index in [2.05, 4.69) is 62.2 Å². The summed E-state index contributed by atoms with van der Waals surface area (Å²) >= 11 is 0. The van der Waals surface area contributed by atoms with Gasteiger partial charge in [0.2, 0.25) is 6.41 Å². The van der Waals surface area contributed by atoms with Crippen molar-refractivity contribution in [3.05, 3.63) is 72.7 Å². The molecule has 1 amide bonds. The summed E-state index contributed by atoms with van der Waals surface area (Å²) in [6, 6.07) is 11.8. The number of allylic oxidation sites excluding steroid dienone is 2. The van der Waals surface area contributed by atoms with Crippen molar-refractivity contribution in [3.8, 4) is 11.3 Å². The first kappa shape index (κ1) is 36.7. The topological polar surface area (TPSA) is 69.6 Å². The summed E-state index contributed by atoms with van der Waals surface area (Å²) in [4.78, 5) is 18.0. The molecule has 2 rings (SSSR count). The standard InChI is InChI=1S/C23H29N5O.C6H14.C2H6.CH4/c1-5-8-11-19(6-2)28(17-29)20-14-15-23(24-16-20)22-13-10-9-12-21(22)18(4)26-27-25-7-3;1-5-6(2,3)4;1-2;/h6-7,9-10,12-17,25,27H,3,5,8,11H2,1-2,4H3;5H2,1-4H3;1-2H3;1H4/b19-6-,26-18+;;;. The van der Waals surface area contributed by atoms with Gasteiger partial charge in [0.1, 0.15) is 0 Å². The van der Waals surface area contributed by atoms with Crippen LogP contribution in [0.15, 0.2) is 72.2 Å². The highest BCUT2D eigenvalue weighted by Gasteiger charge is 2.13. The minimum Gasteiger partial charge on any atom is -0.293 e. The highest BCUT2D eigenvalue weighted by Crippen LogP contribution is 2.26. The molecule has 0 bridgehead atoms. The van der Waals surface area contributed by atoms with E-state index in [-0.39, 0.29) is 7.43 Å². The number of amides is 1. The lowest BCUT2D eigenvalue weighted by atomic mass is 9.94. The van der Waals surface area contributed by atoms with Crippen LogP contribution in [0.2, 0.25) is 0 Å². The molecular weight excluding hydrogens is 470 g/mol. The Kier molecular flexibility index (Phi) is 19.9. The van der Waals surface area contributed by atoms with Crippen molar-refractivity contribution in [1.29, 1.82) is 0 Å². The van der Waals surface area contributed by atoms with Gasteiger partial charge in [-0.2, -0.15) is 5.10 Å². The number of nitrogens with one attached hydrogen (secondary N) is 2. The Labute approximate surface area is 233 Å². The fourth-order valence-electron chi connectivity index (χ4n) is 2.99. The van der Waals surface area contributed by atoms with Gasteiger partial charge in [-0.1, -0.05) is 106 Å². The minimum absolute atomic E-state index is 0. The average molecular weight is 524 g/mol. The van der Waals surface area contributed by atoms with Crippen molar-refractivity contribution in [2.75, 3.05) is 4.90 Å². The second kappa shape index (κ2) is 20.6. The predicted octanol–water partition coefficient (Wildman–Crippen LogP) is 8.87. The number of anilines is 1. The zero-order valence-corrected chi connectivity index (χ0v) is 24.6. The van der Waals surface area contributed by atoms with E-state index in [9.17, 15) is 4.79 Å². The minimum atomic E-state index is 0. The normalized spacial score (nSPS) is 11.0. The highest BCUT2D eigenvalue weighted by atomic mass is 16.1. The molecule has 1 heterocycles. The van der Waals surface area contributed by atoms with Crippen LogP contribution in [0.3, 0.4) is 0 Å². The molecule has 0 saturated heterocycles. The highest BCUT2D eigenvalue weighted by molar-refractivity contribution is 6.04. The Bertz CT molecular complexity index is 972. The van der Waals surface area contributed by atoms with Crippen molar-refractivity contribution in [2.45, 2.75) is 95.4 Å². The van der Waals surface area contributed by atoms with E-state index < -0.39 is 0 Å². The summed E-state index contributed by atoms with van der Waals surface area (Å²) in [6.45, 7) is 22.5. The van der Waals surface area contributed by atoms with Gasteiger partial charge in [0, 0.05) is 23.0 Å². The number of rotatable bonds is 11. The number of aromatic nitrogens is 1. The van der Waals surface area contributed by atoms with Crippen molar-refractivity contribution < 1.29 is 4.79 Å². The Morgan fingerprint density at radius 3 is 2.24 bits per heavy atom. The van der Waals surface area contributed by atoms with Gasteiger partial charge in [0.25, 0.3) is 0 Å². The molecule has 0 saturated carbocycles.